The van der Waals surface area contributed by atoms with E-state index in [9.17, 15) is 4.79 Å². The molecular weight excluding hydrogens is 330 g/mol. The maximum atomic E-state index is 11.9. The Morgan fingerprint density at radius 1 is 1.23 bits per heavy atom. The lowest BCUT2D eigenvalue weighted by Gasteiger charge is -2.33. The molecular formula is C20H31N3O3. The summed E-state index contributed by atoms with van der Waals surface area (Å²) in [5.41, 5.74) is 1.17. The van der Waals surface area contributed by atoms with Crippen LogP contribution in [0.15, 0.2) is 35.3 Å². The Morgan fingerprint density at radius 3 is 2.62 bits per heavy atom. The van der Waals surface area contributed by atoms with Crippen molar-refractivity contribution in [2.45, 2.75) is 33.3 Å². The average molecular weight is 361 g/mol. The number of carbonyl (C=O) groups excluding carboxylic acids is 1. The van der Waals surface area contributed by atoms with Gasteiger partial charge in [0.05, 0.1) is 32.3 Å². The summed E-state index contributed by atoms with van der Waals surface area (Å²) in [4.78, 5) is 18.7. The molecule has 6 nitrogen and oxygen atoms in total. The van der Waals surface area contributed by atoms with E-state index >= 15 is 0 Å². The van der Waals surface area contributed by atoms with Gasteiger partial charge in [-0.05, 0) is 32.3 Å². The monoisotopic (exact) mass is 361 g/mol. The Labute approximate surface area is 156 Å². The van der Waals surface area contributed by atoms with Crippen LogP contribution in [0, 0.1) is 5.92 Å². The molecule has 0 atom stereocenters. The average Bonchev–Trinajstić information content (AvgIpc) is 2.68. The first-order valence-corrected chi connectivity index (χ1v) is 9.56. The normalized spacial score (nSPS) is 15.8. The molecule has 0 radical (unpaired) electrons. The fourth-order valence-electron chi connectivity index (χ4n) is 2.99. The highest BCUT2D eigenvalue weighted by Gasteiger charge is 2.27. The maximum Gasteiger partial charge on any atom is 0.309 e. The molecule has 2 rings (SSSR count). The van der Waals surface area contributed by atoms with Crippen LogP contribution in [0.25, 0.3) is 0 Å². The second-order valence-corrected chi connectivity index (χ2v) is 6.29. The summed E-state index contributed by atoms with van der Waals surface area (Å²) < 4.78 is 10.8. The van der Waals surface area contributed by atoms with Crippen molar-refractivity contribution >= 4 is 11.9 Å². The van der Waals surface area contributed by atoms with Gasteiger partial charge in [-0.25, -0.2) is 0 Å². The van der Waals surface area contributed by atoms with Gasteiger partial charge in [-0.2, -0.15) is 0 Å². The van der Waals surface area contributed by atoms with E-state index in [2.05, 4.69) is 34.3 Å². The smallest absolute Gasteiger partial charge is 0.309 e. The van der Waals surface area contributed by atoms with Gasteiger partial charge in [0, 0.05) is 19.6 Å². The largest absolute Gasteiger partial charge is 0.466 e. The molecule has 0 unspecified atom stereocenters. The minimum atomic E-state index is -0.0663. The van der Waals surface area contributed by atoms with E-state index in [-0.39, 0.29) is 11.9 Å². The van der Waals surface area contributed by atoms with Gasteiger partial charge >= 0.3 is 5.97 Å². The SMILES string of the molecule is CCNC(=NCCOCc1ccccc1)N1CCC(C(=O)OCC)CC1. The molecule has 1 fully saturated rings. The molecule has 0 saturated carbocycles. The number of piperidine rings is 1. The van der Waals surface area contributed by atoms with Crippen molar-refractivity contribution in [1.29, 1.82) is 0 Å². The molecule has 0 aromatic heterocycles. The summed E-state index contributed by atoms with van der Waals surface area (Å²) in [5, 5.41) is 3.33. The van der Waals surface area contributed by atoms with E-state index < -0.39 is 0 Å². The van der Waals surface area contributed by atoms with Crippen LogP contribution in [0.5, 0.6) is 0 Å². The number of esters is 1. The number of rotatable bonds is 8. The highest BCUT2D eigenvalue weighted by Crippen LogP contribution is 2.18. The van der Waals surface area contributed by atoms with Gasteiger partial charge in [0.1, 0.15) is 0 Å². The Hall–Kier alpha value is -2.08. The topological polar surface area (TPSA) is 63.2 Å². The number of hydrogen-bond acceptors (Lipinski definition) is 4. The van der Waals surface area contributed by atoms with Gasteiger partial charge in [0.2, 0.25) is 0 Å². The van der Waals surface area contributed by atoms with E-state index in [0.29, 0.717) is 26.4 Å². The van der Waals surface area contributed by atoms with Crippen LogP contribution >= 0.6 is 0 Å². The number of benzene rings is 1. The lowest BCUT2D eigenvalue weighted by Crippen LogP contribution is -2.46. The number of nitrogens with zero attached hydrogens (tertiary/aromatic N) is 2. The predicted molar refractivity (Wildman–Crippen MR) is 103 cm³/mol. The molecule has 1 saturated heterocycles. The summed E-state index contributed by atoms with van der Waals surface area (Å²) in [6, 6.07) is 10.1. The molecule has 1 aliphatic rings. The molecule has 0 aliphatic carbocycles. The number of likely N-dealkylation sites (tertiary alicyclic amines) is 1. The molecule has 1 N–H and O–H groups in total. The van der Waals surface area contributed by atoms with Gasteiger partial charge in [0.25, 0.3) is 0 Å². The zero-order valence-electron chi connectivity index (χ0n) is 15.9. The Balaban J connectivity index is 1.75. The molecule has 1 aliphatic heterocycles. The van der Waals surface area contributed by atoms with Gasteiger partial charge in [-0.1, -0.05) is 30.3 Å². The highest BCUT2D eigenvalue weighted by atomic mass is 16.5. The number of ether oxygens (including phenoxy) is 2. The second-order valence-electron chi connectivity index (χ2n) is 6.29. The second kappa shape index (κ2) is 11.5. The highest BCUT2D eigenvalue weighted by molar-refractivity contribution is 5.80. The lowest BCUT2D eigenvalue weighted by molar-refractivity contribution is -0.149. The molecule has 26 heavy (non-hydrogen) atoms. The summed E-state index contributed by atoms with van der Waals surface area (Å²) in [7, 11) is 0. The summed E-state index contributed by atoms with van der Waals surface area (Å²) >= 11 is 0. The molecule has 1 aromatic rings. The van der Waals surface area contributed by atoms with E-state index in [1.54, 1.807) is 0 Å². The number of carbonyl (C=O) groups is 1. The summed E-state index contributed by atoms with van der Waals surface area (Å²) in [6.07, 6.45) is 1.63. The van der Waals surface area contributed by atoms with E-state index in [0.717, 1.165) is 38.4 Å². The van der Waals surface area contributed by atoms with Crippen LogP contribution in [0.3, 0.4) is 0 Å². The first-order chi connectivity index (χ1) is 12.7. The standard InChI is InChI=1S/C20H31N3O3/c1-3-21-20(22-12-15-25-16-17-8-6-5-7-9-17)23-13-10-18(11-14-23)19(24)26-4-2/h5-9,18H,3-4,10-16H2,1-2H3,(H,21,22). The first kappa shape index (κ1) is 20.2. The number of aliphatic imine (C=N–C) groups is 1. The van der Waals surface area contributed by atoms with Crippen LogP contribution in [-0.2, 0) is 20.9 Å². The zero-order chi connectivity index (χ0) is 18.6. The van der Waals surface area contributed by atoms with Crippen LogP contribution in [0.1, 0.15) is 32.3 Å². The van der Waals surface area contributed by atoms with Crippen molar-refractivity contribution in [2.24, 2.45) is 10.9 Å². The summed E-state index contributed by atoms with van der Waals surface area (Å²) in [6.45, 7) is 8.64. The van der Waals surface area contributed by atoms with Crippen LogP contribution < -0.4 is 5.32 Å². The van der Waals surface area contributed by atoms with Crippen molar-refractivity contribution in [3.8, 4) is 0 Å². The van der Waals surface area contributed by atoms with E-state index in [1.807, 2.05) is 25.1 Å². The fraction of sp³-hybridized carbons (Fsp3) is 0.600. The van der Waals surface area contributed by atoms with Crippen molar-refractivity contribution < 1.29 is 14.3 Å². The summed E-state index contributed by atoms with van der Waals surface area (Å²) in [5.74, 6) is 0.852. The molecule has 0 spiro atoms. The van der Waals surface area contributed by atoms with Crippen molar-refractivity contribution in [3.63, 3.8) is 0 Å². The number of guanidine groups is 1. The molecule has 144 valence electrons. The van der Waals surface area contributed by atoms with E-state index in [4.69, 9.17) is 9.47 Å². The Kier molecular flexibility index (Phi) is 8.96. The van der Waals surface area contributed by atoms with Crippen LogP contribution in [-0.4, -0.2) is 56.2 Å². The molecule has 1 heterocycles. The molecule has 0 amide bonds. The minimum absolute atomic E-state index is 0.0169. The number of hydrogen-bond donors (Lipinski definition) is 1. The maximum absolute atomic E-state index is 11.9. The van der Waals surface area contributed by atoms with E-state index in [1.165, 1.54) is 5.56 Å². The minimum Gasteiger partial charge on any atom is -0.466 e. The Morgan fingerprint density at radius 2 is 1.96 bits per heavy atom. The third-order valence-electron chi connectivity index (χ3n) is 4.36. The van der Waals surface area contributed by atoms with Gasteiger partial charge in [-0.3, -0.25) is 9.79 Å². The first-order valence-electron chi connectivity index (χ1n) is 9.56. The van der Waals surface area contributed by atoms with Gasteiger partial charge < -0.3 is 19.7 Å². The van der Waals surface area contributed by atoms with Crippen molar-refractivity contribution in [2.75, 3.05) is 39.4 Å². The van der Waals surface area contributed by atoms with Crippen molar-refractivity contribution in [3.05, 3.63) is 35.9 Å². The van der Waals surface area contributed by atoms with Crippen molar-refractivity contribution in [1.82, 2.24) is 10.2 Å². The Bertz CT molecular complexity index is 555. The molecule has 1 aromatic carbocycles. The predicted octanol–water partition coefficient (Wildman–Crippen LogP) is 2.44. The third-order valence-corrected chi connectivity index (χ3v) is 4.36. The third kappa shape index (κ3) is 6.67. The molecule has 6 heteroatoms. The number of nitrogens with one attached hydrogen (secondary N) is 1. The van der Waals surface area contributed by atoms with Crippen LogP contribution in [0.2, 0.25) is 0 Å². The zero-order valence-corrected chi connectivity index (χ0v) is 15.9. The van der Waals surface area contributed by atoms with Crippen LogP contribution in [0.4, 0.5) is 0 Å². The molecule has 0 bridgehead atoms. The lowest BCUT2D eigenvalue weighted by atomic mass is 9.97. The quantitative estimate of drug-likeness (QED) is 0.333. The van der Waals surface area contributed by atoms with Gasteiger partial charge in [0.15, 0.2) is 5.96 Å². The fourth-order valence-corrected chi connectivity index (χ4v) is 2.99. The van der Waals surface area contributed by atoms with Gasteiger partial charge in [-0.15, -0.1) is 0 Å².